The minimum Gasteiger partial charge on any atom is -0.394 e. The number of carbonyl (C=O) groups is 1. The molecule has 0 fully saturated rings. The molecule has 1 aromatic rings. The molecule has 0 aromatic heterocycles. The fourth-order valence-electron chi connectivity index (χ4n) is 1.89. The number of hydrogen-bond acceptors (Lipinski definition) is 2. The molecule has 0 radical (unpaired) electrons. The van der Waals surface area contributed by atoms with Crippen molar-refractivity contribution in [3.05, 3.63) is 35.4 Å². The van der Waals surface area contributed by atoms with Crippen LogP contribution in [-0.2, 0) is 12.6 Å². The van der Waals surface area contributed by atoms with Crippen LogP contribution in [0.1, 0.15) is 25.0 Å². The van der Waals surface area contributed by atoms with E-state index in [-0.39, 0.29) is 18.6 Å². The third kappa shape index (κ3) is 5.63. The molecule has 0 heterocycles. The number of rotatable bonds is 5. The Morgan fingerprint density at radius 3 is 2.33 bits per heavy atom. The van der Waals surface area contributed by atoms with Gasteiger partial charge in [0, 0.05) is 6.04 Å². The quantitative estimate of drug-likeness (QED) is 0.782. The van der Waals surface area contributed by atoms with Gasteiger partial charge in [0.05, 0.1) is 18.2 Å². The molecule has 1 rings (SSSR count). The molecule has 3 N–H and O–H groups in total. The molecule has 0 aliphatic heterocycles. The molecular formula is C14H19F3N2O2. The zero-order valence-electron chi connectivity index (χ0n) is 11.9. The van der Waals surface area contributed by atoms with Crippen molar-refractivity contribution in [2.24, 2.45) is 0 Å². The van der Waals surface area contributed by atoms with Gasteiger partial charge in [-0.3, -0.25) is 0 Å². The van der Waals surface area contributed by atoms with Crippen molar-refractivity contribution in [3.8, 4) is 0 Å². The van der Waals surface area contributed by atoms with Crippen molar-refractivity contribution in [1.29, 1.82) is 0 Å². The Labute approximate surface area is 121 Å². The first-order valence-electron chi connectivity index (χ1n) is 6.57. The Morgan fingerprint density at radius 2 is 1.76 bits per heavy atom. The van der Waals surface area contributed by atoms with E-state index in [1.54, 1.807) is 13.8 Å². The zero-order chi connectivity index (χ0) is 16.0. The number of aliphatic hydroxyl groups is 1. The van der Waals surface area contributed by atoms with Gasteiger partial charge < -0.3 is 15.7 Å². The van der Waals surface area contributed by atoms with Crippen LogP contribution in [0.25, 0.3) is 0 Å². The lowest BCUT2D eigenvalue weighted by Gasteiger charge is -2.19. The molecule has 0 bridgehead atoms. The Hall–Kier alpha value is -1.76. The van der Waals surface area contributed by atoms with Crippen LogP contribution >= 0.6 is 0 Å². The molecule has 0 unspecified atom stereocenters. The summed E-state index contributed by atoms with van der Waals surface area (Å²) in [5.74, 6) is 0. The lowest BCUT2D eigenvalue weighted by Crippen LogP contribution is -2.46. The highest BCUT2D eigenvalue weighted by atomic mass is 19.4. The second-order valence-corrected chi connectivity index (χ2v) is 4.96. The van der Waals surface area contributed by atoms with Crippen LogP contribution < -0.4 is 10.6 Å². The highest BCUT2D eigenvalue weighted by Crippen LogP contribution is 2.32. The van der Waals surface area contributed by atoms with E-state index >= 15 is 0 Å². The highest BCUT2D eigenvalue weighted by Gasteiger charge is 2.33. The third-order valence-electron chi connectivity index (χ3n) is 2.88. The minimum absolute atomic E-state index is 0.0661. The van der Waals surface area contributed by atoms with Gasteiger partial charge in [-0.05, 0) is 31.9 Å². The number of aliphatic hydroxyl groups excluding tert-OH is 1. The number of alkyl halides is 3. The summed E-state index contributed by atoms with van der Waals surface area (Å²) < 4.78 is 38.6. The zero-order valence-corrected chi connectivity index (χ0v) is 11.9. The maximum absolute atomic E-state index is 12.9. The van der Waals surface area contributed by atoms with E-state index in [4.69, 9.17) is 5.11 Å². The van der Waals surface area contributed by atoms with Gasteiger partial charge in [0.25, 0.3) is 0 Å². The number of hydrogen-bond donors (Lipinski definition) is 3. The Bertz CT molecular complexity index is 478. The van der Waals surface area contributed by atoms with Gasteiger partial charge in [0.2, 0.25) is 0 Å². The maximum atomic E-state index is 12.9. The van der Waals surface area contributed by atoms with E-state index in [0.717, 1.165) is 6.07 Å². The summed E-state index contributed by atoms with van der Waals surface area (Å²) in [5, 5.41) is 13.8. The molecule has 2 amide bonds. The summed E-state index contributed by atoms with van der Waals surface area (Å²) in [4.78, 5) is 11.5. The summed E-state index contributed by atoms with van der Waals surface area (Å²) in [5.41, 5.74) is -0.559. The predicted octanol–water partition coefficient (Wildman–Crippen LogP) is 2.32. The highest BCUT2D eigenvalue weighted by molar-refractivity contribution is 5.74. The maximum Gasteiger partial charge on any atom is 0.416 e. The number of nitrogens with one attached hydrogen (secondary N) is 2. The first-order chi connectivity index (χ1) is 9.74. The molecule has 7 heteroatoms. The van der Waals surface area contributed by atoms with Gasteiger partial charge in [-0.2, -0.15) is 13.2 Å². The van der Waals surface area contributed by atoms with Crippen LogP contribution in [0, 0.1) is 0 Å². The molecule has 0 saturated carbocycles. The van der Waals surface area contributed by atoms with E-state index in [1.807, 2.05) is 0 Å². The number of halogens is 3. The Balaban J connectivity index is 2.67. The normalized spacial score (nSPS) is 14.4. The number of amides is 2. The standard InChI is InChI=1S/C14H19F3N2O2/c1-9(18-13(21)19-10(2)8-20)7-11-5-3-4-6-12(11)14(15,16)17/h3-6,9-10,20H,7-8H2,1-2H3,(H2,18,19,21)/t9-,10+/m0/s1. The average molecular weight is 304 g/mol. The second-order valence-electron chi connectivity index (χ2n) is 4.96. The molecule has 0 aliphatic rings. The summed E-state index contributed by atoms with van der Waals surface area (Å²) in [6.45, 7) is 3.03. The van der Waals surface area contributed by atoms with E-state index in [2.05, 4.69) is 10.6 Å². The van der Waals surface area contributed by atoms with E-state index in [1.165, 1.54) is 18.2 Å². The van der Waals surface area contributed by atoms with Crippen LogP contribution in [0.5, 0.6) is 0 Å². The van der Waals surface area contributed by atoms with Crippen molar-refractivity contribution in [2.75, 3.05) is 6.61 Å². The predicted molar refractivity (Wildman–Crippen MR) is 72.8 cm³/mol. The van der Waals surface area contributed by atoms with Gasteiger partial charge in [-0.25, -0.2) is 4.79 Å². The fraction of sp³-hybridized carbons (Fsp3) is 0.500. The van der Waals surface area contributed by atoms with Gasteiger partial charge in [-0.1, -0.05) is 18.2 Å². The fourth-order valence-corrected chi connectivity index (χ4v) is 1.89. The minimum atomic E-state index is -4.41. The molecule has 1 aromatic carbocycles. The van der Waals surface area contributed by atoms with Gasteiger partial charge in [0.15, 0.2) is 0 Å². The van der Waals surface area contributed by atoms with Crippen molar-refractivity contribution in [2.45, 2.75) is 38.5 Å². The van der Waals surface area contributed by atoms with Crippen LogP contribution in [0.3, 0.4) is 0 Å². The van der Waals surface area contributed by atoms with Gasteiger partial charge in [-0.15, -0.1) is 0 Å². The van der Waals surface area contributed by atoms with E-state index in [9.17, 15) is 18.0 Å². The largest absolute Gasteiger partial charge is 0.416 e. The first kappa shape index (κ1) is 17.3. The van der Waals surface area contributed by atoms with Crippen molar-refractivity contribution >= 4 is 6.03 Å². The average Bonchev–Trinajstić information content (AvgIpc) is 2.37. The molecule has 0 saturated heterocycles. The Kier molecular flexibility index (Phi) is 6.02. The summed E-state index contributed by atoms with van der Waals surface area (Å²) >= 11 is 0. The molecule has 0 spiro atoms. The third-order valence-corrected chi connectivity index (χ3v) is 2.88. The molecular weight excluding hydrogens is 285 g/mol. The molecule has 21 heavy (non-hydrogen) atoms. The van der Waals surface area contributed by atoms with Crippen LogP contribution in [0.2, 0.25) is 0 Å². The molecule has 118 valence electrons. The SMILES string of the molecule is C[C@H](CO)NC(=O)N[C@@H](C)Cc1ccccc1C(F)(F)F. The first-order valence-corrected chi connectivity index (χ1v) is 6.57. The molecule has 4 nitrogen and oxygen atoms in total. The summed E-state index contributed by atoms with van der Waals surface area (Å²) in [7, 11) is 0. The van der Waals surface area contributed by atoms with Crippen LogP contribution in [0.4, 0.5) is 18.0 Å². The second kappa shape index (κ2) is 7.31. The van der Waals surface area contributed by atoms with Gasteiger partial charge in [0.1, 0.15) is 0 Å². The van der Waals surface area contributed by atoms with E-state index < -0.39 is 29.9 Å². The Morgan fingerprint density at radius 1 is 1.19 bits per heavy atom. The molecule has 2 atom stereocenters. The number of urea groups is 1. The van der Waals surface area contributed by atoms with Gasteiger partial charge >= 0.3 is 12.2 Å². The lowest BCUT2D eigenvalue weighted by atomic mass is 10.0. The number of carbonyl (C=O) groups excluding carboxylic acids is 1. The van der Waals surface area contributed by atoms with Crippen molar-refractivity contribution in [1.82, 2.24) is 10.6 Å². The number of benzene rings is 1. The summed E-state index contributed by atoms with van der Waals surface area (Å²) in [6.07, 6.45) is -4.35. The van der Waals surface area contributed by atoms with Crippen LogP contribution in [0.15, 0.2) is 24.3 Å². The lowest BCUT2D eigenvalue weighted by molar-refractivity contribution is -0.138. The van der Waals surface area contributed by atoms with Crippen molar-refractivity contribution < 1.29 is 23.1 Å². The topological polar surface area (TPSA) is 61.4 Å². The molecule has 0 aliphatic carbocycles. The van der Waals surface area contributed by atoms with E-state index in [0.29, 0.717) is 0 Å². The van der Waals surface area contributed by atoms with Crippen molar-refractivity contribution in [3.63, 3.8) is 0 Å². The monoisotopic (exact) mass is 304 g/mol. The summed E-state index contributed by atoms with van der Waals surface area (Å²) in [6, 6.07) is 3.88. The smallest absolute Gasteiger partial charge is 0.394 e. The van der Waals surface area contributed by atoms with Crippen LogP contribution in [-0.4, -0.2) is 29.8 Å².